The van der Waals surface area contributed by atoms with Crippen molar-refractivity contribution >= 4 is 22.6 Å². The first-order valence-corrected chi connectivity index (χ1v) is 5.88. The predicted molar refractivity (Wildman–Crippen MR) is 70.6 cm³/mol. The Bertz CT molecular complexity index is 522. The highest BCUT2D eigenvalue weighted by Crippen LogP contribution is 2.18. The zero-order valence-electron chi connectivity index (χ0n) is 8.44. The molecule has 0 saturated heterocycles. The van der Waals surface area contributed by atoms with Gasteiger partial charge in [0, 0.05) is 12.3 Å². The summed E-state index contributed by atoms with van der Waals surface area (Å²) in [5.41, 5.74) is 0.932. The van der Waals surface area contributed by atoms with E-state index in [1.807, 2.05) is 30.3 Å². The summed E-state index contributed by atoms with van der Waals surface area (Å²) in [4.78, 5) is 13.7. The number of halogens is 1. The first-order valence-electron chi connectivity index (χ1n) is 4.80. The second-order valence-electron chi connectivity index (χ2n) is 3.28. The predicted octanol–water partition coefficient (Wildman–Crippen LogP) is 2.56. The molecule has 0 aliphatic heterocycles. The van der Waals surface area contributed by atoms with E-state index in [4.69, 9.17) is 4.74 Å². The molecule has 0 amide bonds. The molecule has 4 heteroatoms. The van der Waals surface area contributed by atoms with Crippen molar-refractivity contribution in [3.8, 4) is 5.75 Å². The quantitative estimate of drug-likeness (QED) is 0.881. The van der Waals surface area contributed by atoms with Gasteiger partial charge in [0.1, 0.15) is 12.4 Å². The molecule has 2 aromatic rings. The van der Waals surface area contributed by atoms with Gasteiger partial charge >= 0.3 is 0 Å². The molecule has 0 saturated carbocycles. The number of aromatic amines is 1. The van der Waals surface area contributed by atoms with Crippen molar-refractivity contribution in [2.24, 2.45) is 0 Å². The van der Waals surface area contributed by atoms with E-state index in [0.717, 1.165) is 9.13 Å². The molecule has 82 valence electrons. The molecule has 0 bridgehead atoms. The Balaban J connectivity index is 2.10. The number of aromatic nitrogens is 1. The summed E-state index contributed by atoms with van der Waals surface area (Å²) in [6, 6.07) is 11.3. The fourth-order valence-corrected chi connectivity index (χ4v) is 1.75. The van der Waals surface area contributed by atoms with Gasteiger partial charge in [0.2, 0.25) is 0 Å². The summed E-state index contributed by atoms with van der Waals surface area (Å²) in [5, 5.41) is 0. The molecule has 1 heterocycles. The minimum absolute atomic E-state index is 0.150. The molecular formula is C12H10INO2. The van der Waals surface area contributed by atoms with Crippen LogP contribution in [0.5, 0.6) is 5.75 Å². The largest absolute Gasteiger partial charge is 0.488 e. The first-order chi connectivity index (χ1) is 7.75. The minimum Gasteiger partial charge on any atom is -0.488 e. The smallest absolute Gasteiger partial charge is 0.251 e. The summed E-state index contributed by atoms with van der Waals surface area (Å²) in [6.45, 7) is 0.473. The van der Waals surface area contributed by atoms with E-state index in [9.17, 15) is 4.79 Å². The van der Waals surface area contributed by atoms with Gasteiger partial charge in [0.05, 0.1) is 3.57 Å². The Morgan fingerprint density at radius 2 is 2.00 bits per heavy atom. The van der Waals surface area contributed by atoms with Crippen LogP contribution in [0.25, 0.3) is 0 Å². The lowest BCUT2D eigenvalue weighted by molar-refractivity contribution is 0.303. The lowest BCUT2D eigenvalue weighted by Crippen LogP contribution is -2.06. The topological polar surface area (TPSA) is 42.1 Å². The highest BCUT2D eigenvalue weighted by Gasteiger charge is 2.01. The Labute approximate surface area is 107 Å². The molecule has 0 aliphatic rings. The monoisotopic (exact) mass is 327 g/mol. The maximum absolute atomic E-state index is 11.1. The van der Waals surface area contributed by atoms with Crippen LogP contribution in [0.3, 0.4) is 0 Å². The minimum atomic E-state index is -0.150. The van der Waals surface area contributed by atoms with E-state index in [0.29, 0.717) is 12.4 Å². The van der Waals surface area contributed by atoms with Crippen molar-refractivity contribution in [2.75, 3.05) is 0 Å². The number of nitrogens with one attached hydrogen (secondary N) is 1. The van der Waals surface area contributed by atoms with Crippen LogP contribution in [-0.2, 0) is 6.61 Å². The normalized spacial score (nSPS) is 10.1. The number of ether oxygens (including phenoxy) is 1. The molecule has 2 rings (SSSR count). The van der Waals surface area contributed by atoms with Gasteiger partial charge < -0.3 is 9.72 Å². The molecule has 0 fully saturated rings. The SMILES string of the molecule is O=c1cc(OCc2ccccc2)c(I)c[nH]1. The third kappa shape index (κ3) is 2.85. The Morgan fingerprint density at radius 3 is 2.75 bits per heavy atom. The van der Waals surface area contributed by atoms with Gasteiger partial charge in [0.25, 0.3) is 5.56 Å². The Kier molecular flexibility index (Phi) is 3.61. The summed E-state index contributed by atoms with van der Waals surface area (Å²) < 4.78 is 6.47. The maximum atomic E-state index is 11.1. The molecular weight excluding hydrogens is 317 g/mol. The van der Waals surface area contributed by atoms with E-state index in [2.05, 4.69) is 27.6 Å². The van der Waals surface area contributed by atoms with Gasteiger partial charge in [-0.15, -0.1) is 0 Å². The van der Waals surface area contributed by atoms with Crippen molar-refractivity contribution < 1.29 is 4.74 Å². The van der Waals surface area contributed by atoms with E-state index < -0.39 is 0 Å². The summed E-state index contributed by atoms with van der Waals surface area (Å²) in [5.74, 6) is 0.619. The van der Waals surface area contributed by atoms with Crippen LogP contribution < -0.4 is 10.3 Å². The highest BCUT2D eigenvalue weighted by atomic mass is 127. The summed E-state index contributed by atoms with van der Waals surface area (Å²) in [7, 11) is 0. The number of pyridine rings is 1. The fourth-order valence-electron chi connectivity index (χ4n) is 1.28. The molecule has 0 unspecified atom stereocenters. The van der Waals surface area contributed by atoms with Crippen LogP contribution in [0.2, 0.25) is 0 Å². The highest BCUT2D eigenvalue weighted by molar-refractivity contribution is 14.1. The van der Waals surface area contributed by atoms with E-state index in [-0.39, 0.29) is 5.56 Å². The van der Waals surface area contributed by atoms with E-state index in [1.165, 1.54) is 6.07 Å². The van der Waals surface area contributed by atoms with Crippen molar-refractivity contribution in [2.45, 2.75) is 6.61 Å². The average molecular weight is 327 g/mol. The average Bonchev–Trinajstić information content (AvgIpc) is 2.32. The van der Waals surface area contributed by atoms with Gasteiger partial charge in [-0.3, -0.25) is 4.79 Å². The molecule has 0 spiro atoms. The maximum Gasteiger partial charge on any atom is 0.251 e. The molecule has 1 aromatic carbocycles. The van der Waals surface area contributed by atoms with Crippen LogP contribution in [-0.4, -0.2) is 4.98 Å². The van der Waals surface area contributed by atoms with Crippen LogP contribution in [0.4, 0.5) is 0 Å². The van der Waals surface area contributed by atoms with E-state index in [1.54, 1.807) is 6.20 Å². The zero-order chi connectivity index (χ0) is 11.4. The van der Waals surface area contributed by atoms with Gasteiger partial charge in [-0.05, 0) is 28.2 Å². The number of rotatable bonds is 3. The number of H-pyrrole nitrogens is 1. The summed E-state index contributed by atoms with van der Waals surface area (Å²) in [6.07, 6.45) is 1.64. The van der Waals surface area contributed by atoms with Gasteiger partial charge in [-0.25, -0.2) is 0 Å². The van der Waals surface area contributed by atoms with Crippen molar-refractivity contribution in [1.29, 1.82) is 0 Å². The van der Waals surface area contributed by atoms with E-state index >= 15 is 0 Å². The molecule has 1 N–H and O–H groups in total. The number of hydrogen-bond acceptors (Lipinski definition) is 2. The second kappa shape index (κ2) is 5.16. The first kappa shape index (κ1) is 11.2. The van der Waals surface area contributed by atoms with Crippen LogP contribution in [0.1, 0.15) is 5.56 Å². The Morgan fingerprint density at radius 1 is 1.25 bits per heavy atom. The molecule has 0 aliphatic carbocycles. The molecule has 16 heavy (non-hydrogen) atoms. The number of benzene rings is 1. The van der Waals surface area contributed by atoms with Crippen LogP contribution in [0.15, 0.2) is 47.4 Å². The van der Waals surface area contributed by atoms with Crippen LogP contribution in [0, 0.1) is 3.57 Å². The van der Waals surface area contributed by atoms with Crippen molar-refractivity contribution in [1.82, 2.24) is 4.98 Å². The molecule has 0 radical (unpaired) electrons. The third-order valence-corrected chi connectivity index (χ3v) is 2.92. The van der Waals surface area contributed by atoms with Crippen molar-refractivity contribution in [3.05, 3.63) is 62.1 Å². The second-order valence-corrected chi connectivity index (χ2v) is 4.45. The zero-order valence-corrected chi connectivity index (χ0v) is 10.6. The fraction of sp³-hybridized carbons (Fsp3) is 0.0833. The van der Waals surface area contributed by atoms with Crippen molar-refractivity contribution in [3.63, 3.8) is 0 Å². The van der Waals surface area contributed by atoms with Gasteiger partial charge in [-0.2, -0.15) is 0 Å². The lowest BCUT2D eigenvalue weighted by atomic mass is 10.2. The molecule has 0 atom stereocenters. The van der Waals surface area contributed by atoms with Gasteiger partial charge in [-0.1, -0.05) is 30.3 Å². The van der Waals surface area contributed by atoms with Crippen LogP contribution >= 0.6 is 22.6 Å². The Hall–Kier alpha value is -1.30. The molecule has 3 nitrogen and oxygen atoms in total. The molecule has 1 aromatic heterocycles. The standard InChI is InChI=1S/C12H10INO2/c13-10-7-14-12(15)6-11(10)16-8-9-4-2-1-3-5-9/h1-7H,8H2,(H,14,15). The lowest BCUT2D eigenvalue weighted by Gasteiger charge is -2.07. The third-order valence-electron chi connectivity index (χ3n) is 2.08. The summed E-state index contributed by atoms with van der Waals surface area (Å²) >= 11 is 2.12. The number of hydrogen-bond donors (Lipinski definition) is 1. The van der Waals surface area contributed by atoms with Gasteiger partial charge in [0.15, 0.2) is 0 Å².